The fourth-order valence-electron chi connectivity index (χ4n) is 1.08. The molecule has 0 radical (unpaired) electrons. The number of nitrogens with zero attached hydrogens (tertiary/aromatic N) is 1. The first-order chi connectivity index (χ1) is 6.86. The summed E-state index contributed by atoms with van der Waals surface area (Å²) in [4.78, 5) is 3.94. The zero-order chi connectivity index (χ0) is 10.2. The van der Waals surface area contributed by atoms with E-state index < -0.39 is 0 Å². The van der Waals surface area contributed by atoms with E-state index in [-0.39, 0.29) is 0 Å². The van der Waals surface area contributed by atoms with Gasteiger partial charge >= 0.3 is 0 Å². The molecule has 0 aromatic heterocycles. The maximum absolute atomic E-state index is 5.45. The van der Waals surface area contributed by atoms with E-state index >= 15 is 0 Å². The third kappa shape index (κ3) is 3.58. The molecule has 1 rings (SSSR count). The lowest BCUT2D eigenvalue weighted by atomic mass is 10.2. The molecular formula is C11H15NO2. The molecule has 0 spiro atoms. The van der Waals surface area contributed by atoms with Crippen LogP contribution in [0.5, 0.6) is 5.75 Å². The lowest BCUT2D eigenvalue weighted by molar-refractivity contribution is 0.146. The number of rotatable bonds is 5. The van der Waals surface area contributed by atoms with E-state index in [9.17, 15) is 0 Å². The van der Waals surface area contributed by atoms with Crippen LogP contribution in [0, 0.1) is 0 Å². The van der Waals surface area contributed by atoms with Gasteiger partial charge in [0.1, 0.15) is 12.4 Å². The number of hydrogen-bond acceptors (Lipinski definition) is 3. The molecule has 0 fully saturated rings. The number of ether oxygens (including phenoxy) is 2. The van der Waals surface area contributed by atoms with Crippen LogP contribution in [0.3, 0.4) is 0 Å². The van der Waals surface area contributed by atoms with Crippen LogP contribution in [0.1, 0.15) is 5.56 Å². The van der Waals surface area contributed by atoms with E-state index in [0.29, 0.717) is 13.2 Å². The summed E-state index contributed by atoms with van der Waals surface area (Å²) >= 11 is 0. The molecule has 3 nitrogen and oxygen atoms in total. The minimum absolute atomic E-state index is 0.573. The van der Waals surface area contributed by atoms with Gasteiger partial charge in [0.15, 0.2) is 0 Å². The molecule has 0 N–H and O–H groups in total. The van der Waals surface area contributed by atoms with Gasteiger partial charge in [0.25, 0.3) is 0 Å². The van der Waals surface area contributed by atoms with Crippen molar-refractivity contribution in [1.29, 1.82) is 0 Å². The summed E-state index contributed by atoms with van der Waals surface area (Å²) in [6.07, 6.45) is 1.79. The van der Waals surface area contributed by atoms with Gasteiger partial charge < -0.3 is 9.47 Å². The molecule has 0 aliphatic carbocycles. The molecule has 0 bridgehead atoms. The van der Waals surface area contributed by atoms with Gasteiger partial charge in [0.05, 0.1) is 6.61 Å². The minimum Gasteiger partial charge on any atom is -0.491 e. The first-order valence-corrected chi connectivity index (χ1v) is 4.51. The first-order valence-electron chi connectivity index (χ1n) is 4.51. The van der Waals surface area contributed by atoms with E-state index in [4.69, 9.17) is 9.47 Å². The van der Waals surface area contributed by atoms with Crippen LogP contribution in [0.15, 0.2) is 29.3 Å². The highest BCUT2D eigenvalue weighted by Gasteiger charge is 1.94. The normalized spacial score (nSPS) is 10.7. The van der Waals surface area contributed by atoms with Crippen molar-refractivity contribution >= 4 is 6.21 Å². The van der Waals surface area contributed by atoms with Crippen molar-refractivity contribution in [2.45, 2.75) is 0 Å². The molecule has 0 aliphatic rings. The van der Waals surface area contributed by atoms with Gasteiger partial charge in [-0.25, -0.2) is 0 Å². The van der Waals surface area contributed by atoms with Crippen molar-refractivity contribution in [3.05, 3.63) is 29.8 Å². The van der Waals surface area contributed by atoms with E-state index in [2.05, 4.69) is 4.99 Å². The van der Waals surface area contributed by atoms with Crippen LogP contribution in [0.2, 0.25) is 0 Å². The Morgan fingerprint density at radius 3 is 2.93 bits per heavy atom. The molecule has 0 saturated carbocycles. The quantitative estimate of drug-likeness (QED) is 0.527. The highest BCUT2D eigenvalue weighted by Crippen LogP contribution is 2.11. The predicted octanol–water partition coefficient (Wildman–Crippen LogP) is 1.76. The average Bonchev–Trinajstić information content (AvgIpc) is 2.19. The Labute approximate surface area is 84.4 Å². The highest BCUT2D eigenvalue weighted by atomic mass is 16.5. The zero-order valence-electron chi connectivity index (χ0n) is 8.56. The van der Waals surface area contributed by atoms with Crippen LogP contribution in [0.4, 0.5) is 0 Å². The lowest BCUT2D eigenvalue weighted by Crippen LogP contribution is -2.04. The van der Waals surface area contributed by atoms with Gasteiger partial charge in [-0.15, -0.1) is 0 Å². The van der Waals surface area contributed by atoms with Crippen molar-refractivity contribution in [3.63, 3.8) is 0 Å². The predicted molar refractivity (Wildman–Crippen MR) is 57.3 cm³/mol. The van der Waals surface area contributed by atoms with Gasteiger partial charge in [-0.05, 0) is 17.7 Å². The summed E-state index contributed by atoms with van der Waals surface area (Å²) in [5.41, 5.74) is 1.04. The van der Waals surface area contributed by atoms with E-state index in [0.717, 1.165) is 11.3 Å². The standard InChI is InChI=1S/C11H15NO2/c1-12-9-10-4-3-5-11(8-10)14-7-6-13-2/h3-5,8-9H,6-7H2,1-2H3. The summed E-state index contributed by atoms with van der Waals surface area (Å²) < 4.78 is 10.3. The number of methoxy groups -OCH3 is 1. The van der Waals surface area contributed by atoms with E-state index in [1.807, 2.05) is 24.3 Å². The number of aliphatic imine (C=N–C) groups is 1. The molecule has 0 atom stereocenters. The lowest BCUT2D eigenvalue weighted by Gasteiger charge is -2.05. The minimum atomic E-state index is 0.573. The summed E-state index contributed by atoms with van der Waals surface area (Å²) in [5.74, 6) is 0.847. The highest BCUT2D eigenvalue weighted by molar-refractivity contribution is 5.79. The molecule has 0 heterocycles. The largest absolute Gasteiger partial charge is 0.491 e. The first kappa shape index (κ1) is 10.7. The SMILES string of the molecule is CN=Cc1cccc(OCCOC)c1. The third-order valence-corrected chi connectivity index (χ3v) is 1.69. The van der Waals surface area contributed by atoms with Crippen LogP contribution in [-0.4, -0.2) is 33.6 Å². The smallest absolute Gasteiger partial charge is 0.120 e. The second kappa shape index (κ2) is 6.16. The molecule has 1 aromatic rings. The summed E-state index contributed by atoms with van der Waals surface area (Å²) in [7, 11) is 3.40. The Morgan fingerprint density at radius 2 is 2.21 bits per heavy atom. The van der Waals surface area contributed by atoms with Gasteiger partial charge in [0, 0.05) is 20.4 Å². The number of hydrogen-bond donors (Lipinski definition) is 0. The van der Waals surface area contributed by atoms with Crippen molar-refractivity contribution in [2.75, 3.05) is 27.4 Å². The molecule has 0 amide bonds. The Morgan fingerprint density at radius 1 is 1.36 bits per heavy atom. The van der Waals surface area contributed by atoms with Gasteiger partial charge in [0.2, 0.25) is 0 Å². The molecule has 1 aromatic carbocycles. The summed E-state index contributed by atoms with van der Waals surface area (Å²) in [6.45, 7) is 1.18. The maximum Gasteiger partial charge on any atom is 0.120 e. The fraction of sp³-hybridized carbons (Fsp3) is 0.364. The fourth-order valence-corrected chi connectivity index (χ4v) is 1.08. The Kier molecular flexibility index (Phi) is 4.72. The second-order valence-corrected chi connectivity index (χ2v) is 2.80. The molecule has 3 heteroatoms. The van der Waals surface area contributed by atoms with Crippen LogP contribution < -0.4 is 4.74 Å². The molecule has 0 unspecified atom stereocenters. The summed E-state index contributed by atoms with van der Waals surface area (Å²) in [6, 6.07) is 7.79. The van der Waals surface area contributed by atoms with E-state index in [1.54, 1.807) is 20.4 Å². The Hall–Kier alpha value is -1.35. The molecular weight excluding hydrogens is 178 g/mol. The molecule has 0 saturated heterocycles. The molecule has 76 valence electrons. The van der Waals surface area contributed by atoms with Gasteiger partial charge in [-0.3, -0.25) is 4.99 Å². The third-order valence-electron chi connectivity index (χ3n) is 1.69. The van der Waals surface area contributed by atoms with Crippen molar-refractivity contribution in [1.82, 2.24) is 0 Å². The second-order valence-electron chi connectivity index (χ2n) is 2.80. The molecule has 0 aliphatic heterocycles. The maximum atomic E-state index is 5.45. The van der Waals surface area contributed by atoms with Crippen LogP contribution in [-0.2, 0) is 4.74 Å². The Balaban J connectivity index is 2.54. The van der Waals surface area contributed by atoms with Gasteiger partial charge in [-0.2, -0.15) is 0 Å². The monoisotopic (exact) mass is 193 g/mol. The zero-order valence-corrected chi connectivity index (χ0v) is 8.56. The summed E-state index contributed by atoms with van der Waals surface area (Å²) in [5, 5.41) is 0. The van der Waals surface area contributed by atoms with Crippen molar-refractivity contribution in [2.24, 2.45) is 4.99 Å². The number of benzene rings is 1. The van der Waals surface area contributed by atoms with Crippen LogP contribution >= 0.6 is 0 Å². The van der Waals surface area contributed by atoms with E-state index in [1.165, 1.54) is 0 Å². The topological polar surface area (TPSA) is 30.8 Å². The molecule has 14 heavy (non-hydrogen) atoms. The van der Waals surface area contributed by atoms with Crippen molar-refractivity contribution in [3.8, 4) is 5.75 Å². The van der Waals surface area contributed by atoms with Crippen LogP contribution in [0.25, 0.3) is 0 Å². The Bertz CT molecular complexity index is 297. The van der Waals surface area contributed by atoms with Gasteiger partial charge in [-0.1, -0.05) is 12.1 Å². The van der Waals surface area contributed by atoms with Crippen molar-refractivity contribution < 1.29 is 9.47 Å². The average molecular weight is 193 g/mol.